The Bertz CT molecular complexity index is 960. The van der Waals surface area contributed by atoms with E-state index in [2.05, 4.69) is 33.2 Å². The summed E-state index contributed by atoms with van der Waals surface area (Å²) in [5.41, 5.74) is 0.210. The smallest absolute Gasteiger partial charge is 0.329 e. The van der Waals surface area contributed by atoms with Crippen molar-refractivity contribution in [2.24, 2.45) is 9.98 Å². The number of esters is 1. The minimum Gasteiger partial charge on any atom is -0.481 e. The van der Waals surface area contributed by atoms with E-state index in [1.165, 1.54) is 11.8 Å². The van der Waals surface area contributed by atoms with Crippen LogP contribution in [0.3, 0.4) is 0 Å². The van der Waals surface area contributed by atoms with Crippen molar-refractivity contribution in [1.29, 1.82) is 0 Å². The molecule has 33 heavy (non-hydrogen) atoms. The van der Waals surface area contributed by atoms with Crippen molar-refractivity contribution in [3.05, 3.63) is 23.9 Å². The minimum absolute atomic E-state index is 0.156. The average molecular weight is 495 g/mol. The Balaban J connectivity index is 1.90. The van der Waals surface area contributed by atoms with Crippen molar-refractivity contribution in [3.63, 3.8) is 0 Å². The maximum absolute atomic E-state index is 13.0. The zero-order chi connectivity index (χ0) is 24.0. The fraction of sp³-hybridized carbons (Fsp3) is 0.524. The lowest BCUT2D eigenvalue weighted by Gasteiger charge is -2.24. The zero-order valence-corrected chi connectivity index (χ0v) is 19.8. The summed E-state index contributed by atoms with van der Waals surface area (Å²) in [7, 11) is 0. The van der Waals surface area contributed by atoms with Crippen LogP contribution < -0.4 is 10.6 Å². The molecule has 12 heteroatoms. The number of nitrogens with zero attached hydrogens (tertiary/aromatic N) is 2. The normalized spacial score (nSPS) is 28.5. The molecule has 3 rings (SSSR count). The second kappa shape index (κ2) is 11.0. The molecule has 3 heterocycles. The number of thiol groups is 1. The number of amides is 2. The number of fused-ring (bicyclic) bond motifs is 3. The van der Waals surface area contributed by atoms with E-state index in [9.17, 15) is 24.3 Å². The standard InChI is InChI=1S/C21H26N4O6S2/c1-21-11-33-18(25-21)14-6-5-12(23-14)10-22-16(26)8-13(4-2-3-7-32)31-19(29)15(9-17(27)28)24-20(21)30/h2,4,6,13,15,32H,3,5,7-11H2,1H3,(H,22,26)(H,24,30)(H,27,28)/b4-2+/t13-,15+,21+/m1/s1. The first-order chi connectivity index (χ1) is 15.7. The molecule has 3 N–H and O–H groups in total. The molecule has 4 bridgehead atoms. The monoisotopic (exact) mass is 494 g/mol. The van der Waals surface area contributed by atoms with E-state index in [0.717, 1.165) is 5.71 Å². The Morgan fingerprint density at radius 1 is 1.42 bits per heavy atom. The first kappa shape index (κ1) is 25.0. The van der Waals surface area contributed by atoms with Crippen LogP contribution >= 0.6 is 24.4 Å². The van der Waals surface area contributed by atoms with Gasteiger partial charge in [-0.05, 0) is 25.2 Å². The number of carboxylic acids is 1. The molecule has 2 amide bonds. The van der Waals surface area contributed by atoms with E-state index in [1.807, 2.05) is 6.08 Å². The van der Waals surface area contributed by atoms with Gasteiger partial charge in [-0.15, -0.1) is 11.8 Å². The second-order valence-corrected chi connectivity index (χ2v) is 9.38. The molecule has 0 aromatic rings. The number of aliphatic carboxylic acids is 1. The quantitative estimate of drug-likeness (QED) is 0.252. The second-order valence-electron chi connectivity index (χ2n) is 7.97. The van der Waals surface area contributed by atoms with Crippen molar-refractivity contribution in [2.45, 2.75) is 50.3 Å². The predicted octanol–water partition coefficient (Wildman–Crippen LogP) is 0.886. The first-order valence-corrected chi connectivity index (χ1v) is 12.1. The number of hydrogen-bond donors (Lipinski definition) is 4. The van der Waals surface area contributed by atoms with Crippen LogP contribution in [0.5, 0.6) is 0 Å². The van der Waals surface area contributed by atoms with Gasteiger partial charge in [0.15, 0.2) is 0 Å². The Labute approximate surface area is 200 Å². The van der Waals surface area contributed by atoms with Gasteiger partial charge >= 0.3 is 11.9 Å². The minimum atomic E-state index is -1.43. The Kier molecular flexibility index (Phi) is 8.35. The molecule has 0 spiro atoms. The van der Waals surface area contributed by atoms with Crippen LogP contribution in [-0.2, 0) is 23.9 Å². The molecule has 0 aromatic heterocycles. The molecule has 3 atom stereocenters. The fourth-order valence-corrected chi connectivity index (χ4v) is 4.61. The lowest BCUT2D eigenvalue weighted by atomic mass is 10.0. The van der Waals surface area contributed by atoms with E-state index in [4.69, 9.17) is 4.74 Å². The number of nitrogens with one attached hydrogen (secondary N) is 2. The van der Waals surface area contributed by atoms with Crippen molar-refractivity contribution in [1.82, 2.24) is 10.6 Å². The molecule has 0 aliphatic carbocycles. The highest BCUT2D eigenvalue weighted by Crippen LogP contribution is 2.33. The maximum atomic E-state index is 13.0. The Morgan fingerprint density at radius 3 is 2.94 bits per heavy atom. The molecule has 3 aliphatic heterocycles. The van der Waals surface area contributed by atoms with Gasteiger partial charge in [-0.3, -0.25) is 24.4 Å². The number of cyclic esters (lactones) is 1. The average Bonchev–Trinajstić information content (AvgIpc) is 3.38. The van der Waals surface area contributed by atoms with Gasteiger partial charge in [0, 0.05) is 17.9 Å². The number of rotatable bonds is 5. The van der Waals surface area contributed by atoms with Crippen LogP contribution in [-0.4, -0.2) is 75.4 Å². The predicted molar refractivity (Wildman–Crippen MR) is 128 cm³/mol. The number of ether oxygens (including phenoxy) is 1. The first-order valence-electron chi connectivity index (χ1n) is 10.5. The summed E-state index contributed by atoms with van der Waals surface area (Å²) in [5, 5.41) is 15.1. The summed E-state index contributed by atoms with van der Waals surface area (Å²) >= 11 is 5.48. The van der Waals surface area contributed by atoms with Gasteiger partial charge in [0.25, 0.3) is 0 Å². The fourth-order valence-electron chi connectivity index (χ4n) is 3.31. The number of carbonyl (C=O) groups excluding carboxylic acids is 3. The topological polar surface area (TPSA) is 147 Å². The van der Waals surface area contributed by atoms with E-state index < -0.39 is 42.0 Å². The van der Waals surface area contributed by atoms with Gasteiger partial charge < -0.3 is 20.5 Å². The summed E-state index contributed by atoms with van der Waals surface area (Å²) < 4.78 is 5.43. The molecular weight excluding hydrogens is 468 g/mol. The highest BCUT2D eigenvalue weighted by Gasteiger charge is 2.41. The van der Waals surface area contributed by atoms with Gasteiger partial charge in [-0.25, -0.2) is 4.79 Å². The number of carbonyl (C=O) groups is 4. The van der Waals surface area contributed by atoms with Crippen molar-refractivity contribution < 1.29 is 29.0 Å². The lowest BCUT2D eigenvalue weighted by molar-refractivity contribution is -0.155. The van der Waals surface area contributed by atoms with Gasteiger partial charge in [0.2, 0.25) is 11.8 Å². The molecule has 0 radical (unpaired) electrons. The third kappa shape index (κ3) is 6.70. The SMILES string of the molecule is C[C@@]12CSC(=N1)C1=CCC(=N1)CNC(=O)C[C@@H](/C=C/CCS)OC(=O)[C@H](CC(=O)O)NC2=O. The highest BCUT2D eigenvalue weighted by molar-refractivity contribution is 8.14. The third-order valence-electron chi connectivity index (χ3n) is 5.11. The van der Waals surface area contributed by atoms with Crippen LogP contribution in [0.2, 0.25) is 0 Å². The maximum Gasteiger partial charge on any atom is 0.329 e. The van der Waals surface area contributed by atoms with Crippen LogP contribution in [0.25, 0.3) is 0 Å². The van der Waals surface area contributed by atoms with Crippen LogP contribution in [0.4, 0.5) is 0 Å². The molecule has 3 aliphatic rings. The van der Waals surface area contributed by atoms with Crippen LogP contribution in [0.1, 0.15) is 32.6 Å². The zero-order valence-electron chi connectivity index (χ0n) is 18.1. The summed E-state index contributed by atoms with van der Waals surface area (Å²) in [6, 6.07) is -1.43. The largest absolute Gasteiger partial charge is 0.481 e. The van der Waals surface area contributed by atoms with E-state index >= 15 is 0 Å². The van der Waals surface area contributed by atoms with Crippen LogP contribution in [0, 0.1) is 0 Å². The van der Waals surface area contributed by atoms with Gasteiger partial charge in [-0.2, -0.15) is 12.6 Å². The summed E-state index contributed by atoms with van der Waals surface area (Å²) in [6.45, 7) is 1.86. The number of hydrogen-bond acceptors (Lipinski definition) is 9. The molecule has 0 saturated carbocycles. The molecule has 10 nitrogen and oxygen atoms in total. The molecule has 0 fully saturated rings. The van der Waals surface area contributed by atoms with Crippen molar-refractivity contribution >= 4 is 58.9 Å². The van der Waals surface area contributed by atoms with Gasteiger partial charge in [-0.1, -0.05) is 12.2 Å². The highest BCUT2D eigenvalue weighted by atomic mass is 32.2. The number of allylic oxidation sites excluding steroid dienone is 2. The lowest BCUT2D eigenvalue weighted by Crippen LogP contribution is -2.52. The molecule has 0 aromatic carbocycles. The summed E-state index contributed by atoms with van der Waals surface area (Å²) in [5.74, 6) is -2.27. The third-order valence-corrected chi connectivity index (χ3v) is 6.65. The summed E-state index contributed by atoms with van der Waals surface area (Å²) in [4.78, 5) is 58.7. The Hall–Kier alpha value is -2.60. The number of thioether (sulfide) groups is 1. The van der Waals surface area contributed by atoms with Gasteiger partial charge in [0.1, 0.15) is 22.7 Å². The van der Waals surface area contributed by atoms with Crippen LogP contribution in [0.15, 0.2) is 33.9 Å². The number of carboxylic acid groups (broad SMARTS) is 1. The molecular formula is C21H26N4O6S2. The van der Waals surface area contributed by atoms with Crippen molar-refractivity contribution in [3.8, 4) is 0 Å². The molecule has 178 valence electrons. The van der Waals surface area contributed by atoms with Gasteiger partial charge in [0.05, 0.1) is 25.1 Å². The molecule has 0 unspecified atom stereocenters. The van der Waals surface area contributed by atoms with E-state index in [1.54, 1.807) is 19.1 Å². The number of aliphatic imine (C=N–C) groups is 2. The Morgan fingerprint density at radius 2 is 2.21 bits per heavy atom. The van der Waals surface area contributed by atoms with Crippen molar-refractivity contribution in [2.75, 3.05) is 18.1 Å². The summed E-state index contributed by atoms with van der Waals surface area (Å²) in [6.07, 6.45) is 4.58. The van der Waals surface area contributed by atoms with E-state index in [-0.39, 0.29) is 18.9 Å². The molecule has 0 saturated heterocycles. The van der Waals surface area contributed by atoms with E-state index in [0.29, 0.717) is 35.1 Å².